The lowest BCUT2D eigenvalue weighted by Gasteiger charge is -2.18. The van der Waals surface area contributed by atoms with Crippen LogP contribution in [0.1, 0.15) is 17.3 Å². The smallest absolute Gasteiger partial charge is 0.326 e. The van der Waals surface area contributed by atoms with Gasteiger partial charge >= 0.3 is 12.0 Å². The number of hydrogen-bond donors (Lipinski definition) is 2. The molecule has 4 amide bonds. The first-order chi connectivity index (χ1) is 11.9. The molecule has 25 heavy (non-hydrogen) atoms. The molecule has 0 radical (unpaired) electrons. The lowest BCUT2D eigenvalue weighted by Crippen LogP contribution is -2.43. The number of para-hydroxylation sites is 1. The van der Waals surface area contributed by atoms with Gasteiger partial charge in [0.05, 0.1) is 12.7 Å². The Balaban J connectivity index is 1.84. The highest BCUT2D eigenvalue weighted by atomic mass is 16.5. The van der Waals surface area contributed by atoms with Crippen LogP contribution in [0, 0.1) is 0 Å². The summed E-state index contributed by atoms with van der Waals surface area (Å²) in [5.41, 5.74) is 0.274. The van der Waals surface area contributed by atoms with Crippen LogP contribution in [0.2, 0.25) is 0 Å². The molecule has 1 atom stereocenters. The summed E-state index contributed by atoms with van der Waals surface area (Å²) in [7, 11) is 1.43. The van der Waals surface area contributed by atoms with Crippen molar-refractivity contribution in [2.45, 2.75) is 13.0 Å². The standard InChI is InChI=1S/C16H19N3O6/c1-10(15(22)19-8-7-17-16(19)23)25-13(20)9-18-14(21)11-5-3-4-6-12(11)24-2/h3-6,10H,7-9H2,1-2H3,(H,17,23)(H,18,21)/t10-/m0/s1. The number of carbonyl (C=O) groups excluding carboxylic acids is 4. The fourth-order valence-electron chi connectivity index (χ4n) is 2.27. The van der Waals surface area contributed by atoms with E-state index >= 15 is 0 Å². The van der Waals surface area contributed by atoms with E-state index < -0.39 is 36.5 Å². The lowest BCUT2D eigenvalue weighted by atomic mass is 10.2. The van der Waals surface area contributed by atoms with Gasteiger partial charge in [0, 0.05) is 13.1 Å². The number of hydrogen-bond acceptors (Lipinski definition) is 6. The molecule has 0 bridgehead atoms. The van der Waals surface area contributed by atoms with Gasteiger partial charge in [-0.15, -0.1) is 0 Å². The number of nitrogens with zero attached hydrogens (tertiary/aromatic N) is 1. The van der Waals surface area contributed by atoms with Crippen molar-refractivity contribution in [1.82, 2.24) is 15.5 Å². The van der Waals surface area contributed by atoms with E-state index in [1.807, 2.05) is 0 Å². The summed E-state index contributed by atoms with van der Waals surface area (Å²) in [5.74, 6) is -1.53. The zero-order chi connectivity index (χ0) is 18.4. The topological polar surface area (TPSA) is 114 Å². The van der Waals surface area contributed by atoms with Gasteiger partial charge in [0.1, 0.15) is 12.3 Å². The first-order valence-electron chi connectivity index (χ1n) is 7.64. The Labute approximate surface area is 144 Å². The van der Waals surface area contributed by atoms with Gasteiger partial charge in [-0.05, 0) is 19.1 Å². The van der Waals surface area contributed by atoms with Gasteiger partial charge in [0.25, 0.3) is 11.8 Å². The maximum atomic E-state index is 12.1. The number of carbonyl (C=O) groups is 4. The number of amides is 4. The molecule has 1 aromatic carbocycles. The normalized spacial score (nSPS) is 14.5. The van der Waals surface area contributed by atoms with Crippen molar-refractivity contribution >= 4 is 23.8 Å². The van der Waals surface area contributed by atoms with Crippen molar-refractivity contribution in [1.29, 1.82) is 0 Å². The minimum Gasteiger partial charge on any atom is -0.496 e. The summed E-state index contributed by atoms with van der Waals surface area (Å²) in [6.07, 6.45) is -1.13. The minimum absolute atomic E-state index is 0.226. The molecule has 0 saturated carbocycles. The highest BCUT2D eigenvalue weighted by molar-refractivity contribution is 5.99. The zero-order valence-corrected chi connectivity index (χ0v) is 13.9. The van der Waals surface area contributed by atoms with Crippen LogP contribution in [0.5, 0.6) is 5.75 Å². The number of urea groups is 1. The van der Waals surface area contributed by atoms with Crippen LogP contribution in [-0.4, -0.2) is 61.6 Å². The molecule has 1 aliphatic rings. The van der Waals surface area contributed by atoms with Crippen LogP contribution >= 0.6 is 0 Å². The molecule has 0 spiro atoms. The third-order valence-corrected chi connectivity index (χ3v) is 3.52. The Bertz CT molecular complexity index is 690. The van der Waals surface area contributed by atoms with Gasteiger partial charge in [-0.2, -0.15) is 0 Å². The van der Waals surface area contributed by atoms with Gasteiger partial charge in [0.15, 0.2) is 6.10 Å². The van der Waals surface area contributed by atoms with E-state index in [9.17, 15) is 19.2 Å². The van der Waals surface area contributed by atoms with E-state index in [2.05, 4.69) is 10.6 Å². The second-order valence-electron chi connectivity index (χ2n) is 5.24. The van der Waals surface area contributed by atoms with Crippen molar-refractivity contribution in [2.75, 3.05) is 26.7 Å². The molecular formula is C16H19N3O6. The second-order valence-corrected chi connectivity index (χ2v) is 5.24. The fourth-order valence-corrected chi connectivity index (χ4v) is 2.27. The van der Waals surface area contributed by atoms with Crippen LogP contribution < -0.4 is 15.4 Å². The summed E-state index contributed by atoms with van der Waals surface area (Å²) in [5, 5.41) is 4.88. The minimum atomic E-state index is -1.13. The average Bonchev–Trinajstić information content (AvgIpc) is 3.04. The van der Waals surface area contributed by atoms with Crippen LogP contribution in [0.3, 0.4) is 0 Å². The highest BCUT2D eigenvalue weighted by Gasteiger charge is 2.31. The van der Waals surface area contributed by atoms with Gasteiger partial charge < -0.3 is 20.1 Å². The molecule has 1 aliphatic heterocycles. The van der Waals surface area contributed by atoms with E-state index in [4.69, 9.17) is 9.47 Å². The van der Waals surface area contributed by atoms with E-state index in [1.54, 1.807) is 24.3 Å². The van der Waals surface area contributed by atoms with Crippen LogP contribution in [0.15, 0.2) is 24.3 Å². The number of imide groups is 1. The van der Waals surface area contributed by atoms with Crippen molar-refractivity contribution in [3.05, 3.63) is 29.8 Å². The van der Waals surface area contributed by atoms with Crippen molar-refractivity contribution in [3.8, 4) is 5.75 Å². The summed E-state index contributed by atoms with van der Waals surface area (Å²) in [6.45, 7) is 1.54. The van der Waals surface area contributed by atoms with E-state index in [-0.39, 0.29) is 12.1 Å². The number of esters is 1. The average molecular weight is 349 g/mol. The monoisotopic (exact) mass is 349 g/mol. The maximum absolute atomic E-state index is 12.1. The number of methoxy groups -OCH3 is 1. The summed E-state index contributed by atoms with van der Waals surface area (Å²) >= 11 is 0. The Kier molecular flexibility index (Phi) is 5.93. The molecule has 1 fully saturated rings. The first-order valence-corrected chi connectivity index (χ1v) is 7.64. The third-order valence-electron chi connectivity index (χ3n) is 3.52. The molecule has 9 heteroatoms. The second kappa shape index (κ2) is 8.13. The van der Waals surface area contributed by atoms with Gasteiger partial charge in [0.2, 0.25) is 0 Å². The number of nitrogens with one attached hydrogen (secondary N) is 2. The van der Waals surface area contributed by atoms with E-state index in [1.165, 1.54) is 14.0 Å². The van der Waals surface area contributed by atoms with E-state index in [0.717, 1.165) is 4.90 Å². The lowest BCUT2D eigenvalue weighted by molar-refractivity contribution is -0.156. The third kappa shape index (κ3) is 4.46. The van der Waals surface area contributed by atoms with Crippen LogP contribution in [0.4, 0.5) is 4.79 Å². The van der Waals surface area contributed by atoms with Crippen molar-refractivity contribution in [3.63, 3.8) is 0 Å². The molecule has 0 aromatic heterocycles. The summed E-state index contributed by atoms with van der Waals surface area (Å²) in [6, 6.07) is 6.04. The first kappa shape index (κ1) is 18.2. The van der Waals surface area contributed by atoms with Gasteiger partial charge in [-0.3, -0.25) is 19.3 Å². The molecule has 1 saturated heterocycles. The molecule has 2 rings (SSSR count). The summed E-state index contributed by atoms with van der Waals surface area (Å²) in [4.78, 5) is 48.3. The van der Waals surface area contributed by atoms with Crippen LogP contribution in [-0.2, 0) is 14.3 Å². The molecule has 1 aromatic rings. The molecule has 1 heterocycles. The van der Waals surface area contributed by atoms with Gasteiger partial charge in [-0.1, -0.05) is 12.1 Å². The predicted octanol–water partition coefficient (Wildman–Crippen LogP) is -0.0915. The largest absolute Gasteiger partial charge is 0.496 e. The number of benzene rings is 1. The maximum Gasteiger partial charge on any atom is 0.326 e. The highest BCUT2D eigenvalue weighted by Crippen LogP contribution is 2.16. The van der Waals surface area contributed by atoms with E-state index in [0.29, 0.717) is 12.3 Å². The number of rotatable bonds is 6. The molecule has 2 N–H and O–H groups in total. The molecule has 0 unspecified atom stereocenters. The van der Waals surface area contributed by atoms with Crippen molar-refractivity contribution in [2.24, 2.45) is 0 Å². The SMILES string of the molecule is COc1ccccc1C(=O)NCC(=O)O[C@@H](C)C(=O)N1CCNC1=O. The fraction of sp³-hybridized carbons (Fsp3) is 0.375. The zero-order valence-electron chi connectivity index (χ0n) is 13.9. The Morgan fingerprint density at radius 1 is 1.32 bits per heavy atom. The molecule has 134 valence electrons. The van der Waals surface area contributed by atoms with Crippen LogP contribution in [0.25, 0.3) is 0 Å². The quantitative estimate of drug-likeness (QED) is 0.694. The predicted molar refractivity (Wildman–Crippen MR) is 86.0 cm³/mol. The Morgan fingerprint density at radius 3 is 2.68 bits per heavy atom. The summed E-state index contributed by atoms with van der Waals surface area (Å²) < 4.78 is 10.0. The van der Waals surface area contributed by atoms with Crippen molar-refractivity contribution < 1.29 is 28.7 Å². The number of ether oxygens (including phenoxy) is 2. The Morgan fingerprint density at radius 2 is 2.04 bits per heavy atom. The van der Waals surface area contributed by atoms with Gasteiger partial charge in [-0.25, -0.2) is 4.79 Å². The molecule has 9 nitrogen and oxygen atoms in total. The Hall–Kier alpha value is -3.10. The molecule has 0 aliphatic carbocycles. The molecular weight excluding hydrogens is 330 g/mol.